The van der Waals surface area contributed by atoms with Crippen molar-refractivity contribution in [3.8, 4) is 0 Å². The van der Waals surface area contributed by atoms with Gasteiger partial charge in [-0.1, -0.05) is 12.1 Å². The topological polar surface area (TPSA) is 20.3 Å². The van der Waals surface area contributed by atoms with Crippen molar-refractivity contribution in [2.24, 2.45) is 0 Å². The highest BCUT2D eigenvalue weighted by atomic mass is 16.1. The van der Waals surface area contributed by atoms with Crippen LogP contribution in [0.25, 0.3) is 0 Å². The van der Waals surface area contributed by atoms with E-state index in [1.807, 2.05) is 31.1 Å². The summed E-state index contributed by atoms with van der Waals surface area (Å²) in [5, 5.41) is 0. The van der Waals surface area contributed by atoms with Gasteiger partial charge in [-0.05, 0) is 12.1 Å². The number of Topliss-reactive ketones (excluding diaryl/α,β-unsaturated/α-hetero) is 1. The monoisotopic (exact) mass is 161 g/mol. The number of benzene rings is 1. The third-order valence-electron chi connectivity index (χ3n) is 1.65. The van der Waals surface area contributed by atoms with Gasteiger partial charge in [0.1, 0.15) is 0 Å². The molecule has 0 aliphatic carbocycles. The number of carbonyl (C=O) groups is 1. The molecule has 0 aliphatic rings. The van der Waals surface area contributed by atoms with Crippen LogP contribution in [-0.2, 0) is 0 Å². The van der Waals surface area contributed by atoms with Crippen molar-refractivity contribution in [2.75, 3.05) is 19.0 Å². The van der Waals surface area contributed by atoms with Crippen LogP contribution in [0.5, 0.6) is 0 Å². The van der Waals surface area contributed by atoms with Gasteiger partial charge in [0.05, 0.1) is 0 Å². The van der Waals surface area contributed by atoms with Gasteiger partial charge in [-0.3, -0.25) is 4.79 Å². The van der Waals surface area contributed by atoms with Crippen LogP contribution in [0, 0.1) is 6.92 Å². The van der Waals surface area contributed by atoms with Crippen molar-refractivity contribution in [3.63, 3.8) is 0 Å². The Hall–Kier alpha value is -1.31. The highest BCUT2D eigenvalue weighted by Crippen LogP contribution is 2.13. The second-order valence-electron chi connectivity index (χ2n) is 2.81. The van der Waals surface area contributed by atoms with Crippen LogP contribution in [0.15, 0.2) is 24.3 Å². The molecule has 2 nitrogen and oxygen atoms in total. The van der Waals surface area contributed by atoms with Gasteiger partial charge in [0.25, 0.3) is 0 Å². The maximum absolute atomic E-state index is 10.8. The number of rotatable bonds is 2. The third-order valence-corrected chi connectivity index (χ3v) is 1.65. The van der Waals surface area contributed by atoms with Crippen LogP contribution in [0.2, 0.25) is 0 Å². The van der Waals surface area contributed by atoms with Crippen molar-refractivity contribution in [1.82, 2.24) is 0 Å². The molecule has 2 heteroatoms. The maximum Gasteiger partial charge on any atom is 0.167 e. The molecular formula is C10H11NO. The molecule has 0 fully saturated rings. The molecule has 0 aliphatic heterocycles. The van der Waals surface area contributed by atoms with E-state index in [0.717, 1.165) is 5.69 Å². The lowest BCUT2D eigenvalue weighted by Gasteiger charge is -2.12. The predicted molar refractivity (Wildman–Crippen MR) is 49.4 cm³/mol. The average Bonchev–Trinajstić information content (AvgIpc) is 2.04. The molecule has 0 N–H and O–H groups in total. The molecule has 0 saturated heterocycles. The summed E-state index contributed by atoms with van der Waals surface area (Å²) in [5.74, 6) is -0.390. The Morgan fingerprint density at radius 3 is 2.58 bits per heavy atom. The lowest BCUT2D eigenvalue weighted by Crippen LogP contribution is -2.09. The fourth-order valence-electron chi connectivity index (χ4n) is 0.937. The van der Waals surface area contributed by atoms with Crippen LogP contribution in [0.1, 0.15) is 10.4 Å². The molecule has 1 rings (SSSR count). The minimum absolute atomic E-state index is 0.390. The molecular weight excluding hydrogens is 150 g/mol. The van der Waals surface area contributed by atoms with E-state index in [-0.39, 0.29) is 0 Å². The van der Waals surface area contributed by atoms with Crippen molar-refractivity contribution < 1.29 is 4.79 Å². The largest absolute Gasteiger partial charge is 0.378 e. The number of carbonyl (C=O) groups excluding carboxylic acids is 1. The van der Waals surface area contributed by atoms with E-state index >= 15 is 0 Å². The molecule has 12 heavy (non-hydrogen) atoms. The van der Waals surface area contributed by atoms with E-state index in [1.165, 1.54) is 0 Å². The Morgan fingerprint density at radius 1 is 1.42 bits per heavy atom. The first-order chi connectivity index (χ1) is 5.61. The van der Waals surface area contributed by atoms with Crippen LogP contribution >= 0.6 is 0 Å². The smallest absolute Gasteiger partial charge is 0.167 e. The molecule has 1 aromatic carbocycles. The summed E-state index contributed by atoms with van der Waals surface area (Å²) in [6, 6.07) is 7.21. The van der Waals surface area contributed by atoms with Crippen LogP contribution < -0.4 is 4.90 Å². The molecule has 0 heterocycles. The van der Waals surface area contributed by atoms with E-state index in [1.54, 1.807) is 12.1 Å². The van der Waals surface area contributed by atoms with Crippen LogP contribution in [-0.4, -0.2) is 19.9 Å². The number of hydrogen-bond acceptors (Lipinski definition) is 2. The maximum atomic E-state index is 10.8. The highest BCUT2D eigenvalue weighted by molar-refractivity contribution is 5.99. The fourth-order valence-corrected chi connectivity index (χ4v) is 0.937. The SMILES string of the molecule is [CH]C(=O)c1cccc(N(C)C)c1. The molecule has 62 valence electrons. The van der Waals surface area contributed by atoms with Gasteiger partial charge in [-0.25, -0.2) is 0 Å². The summed E-state index contributed by atoms with van der Waals surface area (Å²) < 4.78 is 0. The van der Waals surface area contributed by atoms with Crippen LogP contribution in [0.4, 0.5) is 5.69 Å². The van der Waals surface area contributed by atoms with E-state index in [2.05, 4.69) is 0 Å². The Bertz CT molecular complexity index is 292. The number of nitrogens with zero attached hydrogens (tertiary/aromatic N) is 1. The summed E-state index contributed by atoms with van der Waals surface area (Å²) in [6.45, 7) is 5.13. The lowest BCUT2D eigenvalue weighted by molar-refractivity contribution is 0.104. The van der Waals surface area contributed by atoms with Gasteiger partial charge in [0.2, 0.25) is 0 Å². The molecule has 0 atom stereocenters. The molecule has 0 saturated carbocycles. The standard InChI is InChI=1S/C10H11NO/c1-8(12)9-5-4-6-10(7-9)11(2)3/h1,4-7H,2-3H3. The summed E-state index contributed by atoms with van der Waals surface area (Å²) in [7, 11) is 3.83. The van der Waals surface area contributed by atoms with Crippen molar-refractivity contribution in [2.45, 2.75) is 0 Å². The van der Waals surface area contributed by atoms with Gasteiger partial charge in [-0.2, -0.15) is 0 Å². The van der Waals surface area contributed by atoms with Crippen molar-refractivity contribution >= 4 is 11.5 Å². The molecule has 0 spiro atoms. The van der Waals surface area contributed by atoms with Crippen molar-refractivity contribution in [3.05, 3.63) is 36.8 Å². The summed E-state index contributed by atoms with van der Waals surface area (Å²) in [6.07, 6.45) is 0. The minimum atomic E-state index is -0.390. The average molecular weight is 161 g/mol. The first-order valence-corrected chi connectivity index (χ1v) is 3.68. The second kappa shape index (κ2) is 3.39. The van der Waals surface area contributed by atoms with Crippen molar-refractivity contribution in [1.29, 1.82) is 0 Å². The van der Waals surface area contributed by atoms with Gasteiger partial charge in [0.15, 0.2) is 5.78 Å². The van der Waals surface area contributed by atoms with E-state index in [4.69, 9.17) is 6.92 Å². The van der Waals surface area contributed by atoms with Crippen LogP contribution in [0.3, 0.4) is 0 Å². The first-order valence-electron chi connectivity index (χ1n) is 3.68. The van der Waals surface area contributed by atoms with Gasteiger partial charge < -0.3 is 4.90 Å². The van der Waals surface area contributed by atoms with E-state index in [9.17, 15) is 4.79 Å². The molecule has 0 amide bonds. The zero-order chi connectivity index (χ0) is 9.14. The zero-order valence-corrected chi connectivity index (χ0v) is 7.24. The Morgan fingerprint density at radius 2 is 2.08 bits per heavy atom. The van der Waals surface area contributed by atoms with E-state index in [0.29, 0.717) is 5.56 Å². The predicted octanol–water partition coefficient (Wildman–Crippen LogP) is 1.65. The Balaban J connectivity index is 3.04. The molecule has 1 aromatic rings. The van der Waals surface area contributed by atoms with Gasteiger partial charge in [-0.15, -0.1) is 0 Å². The quantitative estimate of drug-likeness (QED) is 0.615. The molecule has 2 radical (unpaired) electrons. The minimum Gasteiger partial charge on any atom is -0.378 e. The number of hydrogen-bond donors (Lipinski definition) is 0. The Labute approximate surface area is 72.8 Å². The third kappa shape index (κ3) is 1.84. The number of anilines is 1. The van der Waals surface area contributed by atoms with Gasteiger partial charge in [0, 0.05) is 32.3 Å². The van der Waals surface area contributed by atoms with Gasteiger partial charge >= 0.3 is 0 Å². The fraction of sp³-hybridized carbons (Fsp3) is 0.200. The zero-order valence-electron chi connectivity index (χ0n) is 7.24. The highest BCUT2D eigenvalue weighted by Gasteiger charge is 2.00. The summed E-state index contributed by atoms with van der Waals surface area (Å²) >= 11 is 0. The number of ketones is 1. The molecule has 0 bridgehead atoms. The molecule has 0 aromatic heterocycles. The Kier molecular flexibility index (Phi) is 2.48. The molecule has 0 unspecified atom stereocenters. The lowest BCUT2D eigenvalue weighted by atomic mass is 10.1. The summed E-state index contributed by atoms with van der Waals surface area (Å²) in [4.78, 5) is 12.7. The normalized spacial score (nSPS) is 9.58. The first kappa shape index (κ1) is 8.78. The van der Waals surface area contributed by atoms with E-state index < -0.39 is 5.78 Å². The second-order valence-corrected chi connectivity index (χ2v) is 2.81. The summed E-state index contributed by atoms with van der Waals surface area (Å²) in [5.41, 5.74) is 1.52.